The summed E-state index contributed by atoms with van der Waals surface area (Å²) in [6.45, 7) is 0. The second-order valence-corrected chi connectivity index (χ2v) is 4.18. The van der Waals surface area contributed by atoms with E-state index in [2.05, 4.69) is 15.0 Å². The quantitative estimate of drug-likeness (QED) is 0.684. The first kappa shape index (κ1) is 11.9. The molecule has 0 saturated heterocycles. The van der Waals surface area contributed by atoms with Crippen molar-refractivity contribution < 1.29 is 4.74 Å². The lowest BCUT2D eigenvalue weighted by Gasteiger charge is -2.07. The summed E-state index contributed by atoms with van der Waals surface area (Å²) in [6, 6.07) is 9.62. The Hall–Kier alpha value is -2.20. The molecule has 0 amide bonds. The molecule has 0 aliphatic carbocycles. The van der Waals surface area contributed by atoms with E-state index < -0.39 is 0 Å². The number of benzene rings is 1. The number of hydrogen-bond acceptors (Lipinski definition) is 4. The van der Waals surface area contributed by atoms with E-state index in [9.17, 15) is 0 Å². The third kappa shape index (κ3) is 2.48. The topological polar surface area (TPSA) is 47.9 Å². The summed E-state index contributed by atoms with van der Waals surface area (Å²) in [7, 11) is 0. The fraction of sp³-hybridized carbons (Fsp3) is 0.0714. The van der Waals surface area contributed by atoms with Crippen LogP contribution in [0.25, 0.3) is 10.9 Å². The van der Waals surface area contributed by atoms with E-state index in [0.29, 0.717) is 23.2 Å². The summed E-state index contributed by atoms with van der Waals surface area (Å²) in [5, 5.41) is 1.02. The van der Waals surface area contributed by atoms with E-state index in [4.69, 9.17) is 16.3 Å². The predicted molar refractivity (Wildman–Crippen MR) is 73.4 cm³/mol. The SMILES string of the molecule is ClCc1cncc(Oc2cccc3cccnc23)n1. The summed E-state index contributed by atoms with van der Waals surface area (Å²) in [5.41, 5.74) is 1.47. The molecule has 0 bridgehead atoms. The highest BCUT2D eigenvalue weighted by molar-refractivity contribution is 6.16. The number of halogens is 1. The first-order valence-electron chi connectivity index (χ1n) is 5.75. The fourth-order valence-electron chi connectivity index (χ4n) is 1.77. The van der Waals surface area contributed by atoms with Crippen molar-refractivity contribution in [2.45, 2.75) is 5.88 Å². The Labute approximate surface area is 115 Å². The number of nitrogens with zero attached hydrogens (tertiary/aromatic N) is 3. The minimum Gasteiger partial charge on any atom is -0.435 e. The molecule has 4 nitrogen and oxygen atoms in total. The van der Waals surface area contributed by atoms with E-state index in [1.807, 2.05) is 30.3 Å². The lowest BCUT2D eigenvalue weighted by Crippen LogP contribution is -1.94. The van der Waals surface area contributed by atoms with Gasteiger partial charge in [0.05, 0.1) is 17.8 Å². The zero-order chi connectivity index (χ0) is 13.1. The lowest BCUT2D eigenvalue weighted by molar-refractivity contribution is 0.462. The summed E-state index contributed by atoms with van der Waals surface area (Å²) in [4.78, 5) is 12.6. The second-order valence-electron chi connectivity index (χ2n) is 3.92. The first-order valence-corrected chi connectivity index (χ1v) is 6.29. The zero-order valence-electron chi connectivity index (χ0n) is 9.95. The molecule has 0 fully saturated rings. The van der Waals surface area contributed by atoms with Gasteiger partial charge < -0.3 is 4.74 Å². The Kier molecular flexibility index (Phi) is 3.25. The maximum Gasteiger partial charge on any atom is 0.238 e. The maximum absolute atomic E-state index is 5.74. The van der Waals surface area contributed by atoms with Crippen molar-refractivity contribution in [3.8, 4) is 11.6 Å². The fourth-order valence-corrected chi connectivity index (χ4v) is 1.90. The van der Waals surface area contributed by atoms with Crippen LogP contribution in [0.2, 0.25) is 0 Å². The number of rotatable bonds is 3. The molecule has 0 aliphatic rings. The van der Waals surface area contributed by atoms with Gasteiger partial charge in [-0.3, -0.25) is 9.97 Å². The van der Waals surface area contributed by atoms with E-state index in [-0.39, 0.29) is 0 Å². The van der Waals surface area contributed by atoms with Crippen LogP contribution < -0.4 is 4.74 Å². The van der Waals surface area contributed by atoms with Gasteiger partial charge in [-0.2, -0.15) is 0 Å². The van der Waals surface area contributed by atoms with Gasteiger partial charge in [0, 0.05) is 17.8 Å². The van der Waals surface area contributed by atoms with Crippen LogP contribution in [0.15, 0.2) is 48.9 Å². The van der Waals surface area contributed by atoms with Crippen LogP contribution in [-0.2, 0) is 5.88 Å². The number of aromatic nitrogens is 3. The summed E-state index contributed by atoms with van der Waals surface area (Å²) < 4.78 is 5.74. The normalized spacial score (nSPS) is 10.6. The lowest BCUT2D eigenvalue weighted by atomic mass is 10.2. The number of pyridine rings is 1. The van der Waals surface area contributed by atoms with Crippen molar-refractivity contribution in [3.05, 3.63) is 54.6 Å². The van der Waals surface area contributed by atoms with Crippen molar-refractivity contribution in [3.63, 3.8) is 0 Å². The third-order valence-electron chi connectivity index (χ3n) is 2.61. The summed E-state index contributed by atoms with van der Waals surface area (Å²) >= 11 is 5.73. The molecule has 2 aromatic heterocycles. The predicted octanol–water partition coefficient (Wildman–Crippen LogP) is 3.56. The summed E-state index contributed by atoms with van der Waals surface area (Å²) in [5.74, 6) is 1.37. The van der Waals surface area contributed by atoms with Gasteiger partial charge in [0.1, 0.15) is 5.52 Å². The van der Waals surface area contributed by atoms with Crippen LogP contribution in [0.1, 0.15) is 5.69 Å². The Balaban J connectivity index is 2.01. The molecule has 3 aromatic rings. The van der Waals surface area contributed by atoms with E-state index >= 15 is 0 Å². The third-order valence-corrected chi connectivity index (χ3v) is 2.88. The number of ether oxygens (including phenoxy) is 1. The van der Waals surface area contributed by atoms with Gasteiger partial charge in [-0.15, -0.1) is 11.6 Å². The molecular weight excluding hydrogens is 262 g/mol. The second kappa shape index (κ2) is 5.20. The van der Waals surface area contributed by atoms with Gasteiger partial charge in [-0.05, 0) is 12.1 Å². The van der Waals surface area contributed by atoms with Crippen molar-refractivity contribution in [2.75, 3.05) is 0 Å². The number of hydrogen-bond donors (Lipinski definition) is 0. The van der Waals surface area contributed by atoms with Crippen LogP contribution in [0, 0.1) is 0 Å². The van der Waals surface area contributed by atoms with E-state index in [1.165, 1.54) is 0 Å². The molecule has 19 heavy (non-hydrogen) atoms. The molecule has 0 N–H and O–H groups in total. The molecule has 5 heteroatoms. The largest absolute Gasteiger partial charge is 0.435 e. The standard InChI is InChI=1S/C14H10ClN3O/c15-7-11-8-16-9-13(18-11)19-12-5-1-3-10-4-2-6-17-14(10)12/h1-6,8-9H,7H2. The zero-order valence-corrected chi connectivity index (χ0v) is 10.7. The first-order chi connectivity index (χ1) is 9.36. The molecule has 2 heterocycles. The van der Waals surface area contributed by atoms with Gasteiger partial charge in [-0.25, -0.2) is 4.98 Å². The van der Waals surface area contributed by atoms with Crippen molar-refractivity contribution in [1.82, 2.24) is 15.0 Å². The van der Waals surface area contributed by atoms with Crippen LogP contribution in [-0.4, -0.2) is 15.0 Å². The average Bonchev–Trinajstić information content (AvgIpc) is 2.48. The highest BCUT2D eigenvalue weighted by Crippen LogP contribution is 2.26. The minimum absolute atomic E-state index is 0.304. The van der Waals surface area contributed by atoms with Crippen LogP contribution >= 0.6 is 11.6 Å². The van der Waals surface area contributed by atoms with Crippen molar-refractivity contribution in [2.24, 2.45) is 0 Å². The number of alkyl halides is 1. The van der Waals surface area contributed by atoms with Crippen molar-refractivity contribution >= 4 is 22.5 Å². The number of para-hydroxylation sites is 1. The van der Waals surface area contributed by atoms with Crippen LogP contribution in [0.3, 0.4) is 0 Å². The molecule has 3 rings (SSSR count). The van der Waals surface area contributed by atoms with Gasteiger partial charge in [0.15, 0.2) is 5.75 Å². The molecule has 0 atom stereocenters. The molecular formula is C14H10ClN3O. The van der Waals surface area contributed by atoms with Gasteiger partial charge >= 0.3 is 0 Å². The molecule has 1 aromatic carbocycles. The van der Waals surface area contributed by atoms with Gasteiger partial charge in [-0.1, -0.05) is 18.2 Å². The Bertz CT molecular complexity index is 712. The van der Waals surface area contributed by atoms with Crippen LogP contribution in [0.4, 0.5) is 0 Å². The van der Waals surface area contributed by atoms with E-state index in [0.717, 1.165) is 10.9 Å². The molecule has 0 spiro atoms. The maximum atomic E-state index is 5.74. The highest BCUT2D eigenvalue weighted by atomic mass is 35.5. The molecule has 0 aliphatic heterocycles. The Morgan fingerprint density at radius 3 is 2.89 bits per heavy atom. The highest BCUT2D eigenvalue weighted by Gasteiger charge is 2.06. The summed E-state index contributed by atoms with van der Waals surface area (Å²) in [6.07, 6.45) is 4.90. The monoisotopic (exact) mass is 271 g/mol. The molecule has 0 radical (unpaired) electrons. The minimum atomic E-state index is 0.304. The van der Waals surface area contributed by atoms with Crippen LogP contribution in [0.5, 0.6) is 11.6 Å². The van der Waals surface area contributed by atoms with Crippen molar-refractivity contribution in [1.29, 1.82) is 0 Å². The van der Waals surface area contributed by atoms with Gasteiger partial charge in [0.25, 0.3) is 0 Å². The molecule has 0 unspecified atom stereocenters. The molecule has 0 saturated carbocycles. The van der Waals surface area contributed by atoms with Gasteiger partial charge in [0.2, 0.25) is 5.88 Å². The Morgan fingerprint density at radius 1 is 1.11 bits per heavy atom. The molecule has 94 valence electrons. The number of fused-ring (bicyclic) bond motifs is 1. The van der Waals surface area contributed by atoms with E-state index in [1.54, 1.807) is 18.6 Å². The Morgan fingerprint density at radius 2 is 2.00 bits per heavy atom. The smallest absolute Gasteiger partial charge is 0.238 e. The average molecular weight is 272 g/mol.